The van der Waals surface area contributed by atoms with E-state index in [4.69, 9.17) is 0 Å². The molecule has 1 aliphatic heterocycles. The summed E-state index contributed by atoms with van der Waals surface area (Å²) in [6.45, 7) is 0.569. The molecule has 4 atom stereocenters. The third kappa shape index (κ3) is 2.94. The molecular formula is C18H21NO6. The summed E-state index contributed by atoms with van der Waals surface area (Å²) in [5, 5.41) is 32.2. The number of rotatable bonds is 5. The molecule has 0 amide bonds. The molecule has 2 aliphatic rings. The maximum atomic E-state index is 12.5. The molecule has 0 saturated heterocycles. The minimum Gasteiger partial charge on any atom is -0.481 e. The molecule has 4 N–H and O–H groups in total. The average Bonchev–Trinajstić information content (AvgIpc) is 2.58. The van der Waals surface area contributed by atoms with E-state index in [1.54, 1.807) is 6.07 Å². The number of fused-ring (bicyclic) bond motifs is 3. The Balaban J connectivity index is 2.21. The summed E-state index contributed by atoms with van der Waals surface area (Å²) >= 11 is 0. The second kappa shape index (κ2) is 6.57. The van der Waals surface area contributed by atoms with Gasteiger partial charge in [-0.05, 0) is 30.4 Å². The second-order valence-corrected chi connectivity index (χ2v) is 6.89. The van der Waals surface area contributed by atoms with E-state index in [0.29, 0.717) is 19.4 Å². The zero-order valence-electron chi connectivity index (χ0n) is 13.6. The molecule has 0 radical (unpaired) electrons. The van der Waals surface area contributed by atoms with Crippen molar-refractivity contribution in [2.24, 2.45) is 5.92 Å². The summed E-state index contributed by atoms with van der Waals surface area (Å²) in [6.07, 6.45) is -0.0356. The maximum Gasteiger partial charge on any atom is 0.372 e. The highest BCUT2D eigenvalue weighted by atomic mass is 16.4. The number of carbonyl (C=O) groups excluding carboxylic acids is 1. The van der Waals surface area contributed by atoms with Crippen molar-refractivity contribution in [2.45, 2.75) is 49.8 Å². The van der Waals surface area contributed by atoms with Gasteiger partial charge in [-0.1, -0.05) is 24.3 Å². The number of benzene rings is 1. The number of aliphatic hydroxyl groups excluding tert-OH is 1. The highest BCUT2D eigenvalue weighted by molar-refractivity contribution is 6.34. The monoisotopic (exact) mass is 347 g/mol. The van der Waals surface area contributed by atoms with Crippen LogP contribution in [0.4, 0.5) is 0 Å². The molecule has 25 heavy (non-hydrogen) atoms. The van der Waals surface area contributed by atoms with Gasteiger partial charge in [0.05, 0.1) is 18.4 Å². The maximum absolute atomic E-state index is 12.5. The minimum atomic E-state index is -1.64. The quantitative estimate of drug-likeness (QED) is 0.578. The normalized spacial score (nSPS) is 29.2. The van der Waals surface area contributed by atoms with E-state index >= 15 is 0 Å². The van der Waals surface area contributed by atoms with Crippen LogP contribution in [0, 0.1) is 5.92 Å². The van der Waals surface area contributed by atoms with Crippen molar-refractivity contribution < 1.29 is 29.7 Å². The van der Waals surface area contributed by atoms with Crippen molar-refractivity contribution >= 4 is 17.7 Å². The molecule has 1 heterocycles. The largest absolute Gasteiger partial charge is 0.481 e. The van der Waals surface area contributed by atoms with Crippen LogP contribution in [0.2, 0.25) is 0 Å². The van der Waals surface area contributed by atoms with Crippen molar-refractivity contribution in [3.8, 4) is 0 Å². The van der Waals surface area contributed by atoms with E-state index < -0.39 is 41.6 Å². The van der Waals surface area contributed by atoms with E-state index in [1.165, 1.54) is 0 Å². The Kier molecular flexibility index (Phi) is 4.62. The Hall–Kier alpha value is -2.25. The highest BCUT2D eigenvalue weighted by Gasteiger charge is 2.56. The Morgan fingerprint density at radius 3 is 2.60 bits per heavy atom. The van der Waals surface area contributed by atoms with Gasteiger partial charge < -0.3 is 20.6 Å². The fraction of sp³-hybridized carbons (Fsp3) is 0.500. The van der Waals surface area contributed by atoms with Crippen LogP contribution < -0.4 is 5.32 Å². The first-order valence-electron chi connectivity index (χ1n) is 8.35. The Bertz CT molecular complexity index is 717. The number of aliphatic carboxylic acids is 2. The van der Waals surface area contributed by atoms with Gasteiger partial charge in [0.25, 0.3) is 0 Å². The lowest BCUT2D eigenvalue weighted by Gasteiger charge is -2.53. The standard InChI is InChI=1S/C18H21NO6/c20-11-5-6-14-18(8-11,12-4-2-1-3-10(12)9-19-14)13(7-15(21)22)16(23)17(24)25/h1-4,11,13-14,19-20H,5-9H2,(H,21,22)(H,24,25). The molecule has 0 aromatic heterocycles. The van der Waals surface area contributed by atoms with Crippen molar-refractivity contribution in [3.63, 3.8) is 0 Å². The SMILES string of the molecule is O=C(O)CC(C(=O)C(=O)O)C12CC(O)CCC1NCc1ccccc12. The molecule has 1 saturated carbocycles. The van der Waals surface area contributed by atoms with E-state index in [2.05, 4.69) is 5.32 Å². The van der Waals surface area contributed by atoms with Crippen LogP contribution in [-0.2, 0) is 26.3 Å². The average molecular weight is 347 g/mol. The first-order chi connectivity index (χ1) is 11.9. The summed E-state index contributed by atoms with van der Waals surface area (Å²) in [6, 6.07) is 7.10. The zero-order valence-corrected chi connectivity index (χ0v) is 13.6. The first kappa shape index (κ1) is 17.6. The molecule has 1 fully saturated rings. The lowest BCUT2D eigenvalue weighted by atomic mass is 9.55. The molecule has 7 nitrogen and oxygen atoms in total. The van der Waals surface area contributed by atoms with Crippen LogP contribution in [0.1, 0.15) is 36.8 Å². The van der Waals surface area contributed by atoms with Crippen molar-refractivity contribution in [3.05, 3.63) is 35.4 Å². The fourth-order valence-corrected chi connectivity index (χ4v) is 4.60. The molecular weight excluding hydrogens is 326 g/mol. The van der Waals surface area contributed by atoms with Gasteiger partial charge in [-0.25, -0.2) is 4.79 Å². The number of hydrogen-bond donors (Lipinski definition) is 4. The number of nitrogens with one attached hydrogen (secondary N) is 1. The molecule has 134 valence electrons. The Labute approximate surface area is 144 Å². The Morgan fingerprint density at radius 1 is 1.20 bits per heavy atom. The smallest absolute Gasteiger partial charge is 0.372 e. The number of ketones is 1. The molecule has 7 heteroatoms. The first-order valence-corrected chi connectivity index (χ1v) is 8.35. The van der Waals surface area contributed by atoms with Crippen LogP contribution in [0.5, 0.6) is 0 Å². The number of carboxylic acid groups (broad SMARTS) is 2. The van der Waals surface area contributed by atoms with Crippen molar-refractivity contribution in [1.82, 2.24) is 5.32 Å². The van der Waals surface area contributed by atoms with Crippen LogP contribution in [0.3, 0.4) is 0 Å². The summed E-state index contributed by atoms with van der Waals surface area (Å²) in [5.74, 6) is -5.21. The van der Waals surface area contributed by atoms with E-state index in [9.17, 15) is 29.7 Å². The van der Waals surface area contributed by atoms with Crippen LogP contribution >= 0.6 is 0 Å². The molecule has 1 aliphatic carbocycles. The van der Waals surface area contributed by atoms with Gasteiger partial charge >= 0.3 is 11.9 Å². The van der Waals surface area contributed by atoms with Gasteiger partial charge in [0.1, 0.15) is 0 Å². The van der Waals surface area contributed by atoms with Gasteiger partial charge in [0.2, 0.25) is 5.78 Å². The van der Waals surface area contributed by atoms with Crippen LogP contribution in [0.15, 0.2) is 24.3 Å². The van der Waals surface area contributed by atoms with Crippen molar-refractivity contribution in [1.29, 1.82) is 0 Å². The summed E-state index contributed by atoms with van der Waals surface area (Å²) in [5.41, 5.74) is 0.639. The van der Waals surface area contributed by atoms with Gasteiger partial charge in [-0.3, -0.25) is 9.59 Å². The number of carbonyl (C=O) groups is 3. The number of aliphatic hydroxyl groups is 1. The van der Waals surface area contributed by atoms with Gasteiger partial charge in [-0.2, -0.15) is 0 Å². The van der Waals surface area contributed by atoms with E-state index in [1.807, 2.05) is 18.2 Å². The predicted octanol–water partition coefficient (Wildman–Crippen LogP) is 0.686. The minimum absolute atomic E-state index is 0.165. The predicted molar refractivity (Wildman–Crippen MR) is 87.0 cm³/mol. The van der Waals surface area contributed by atoms with Crippen LogP contribution in [-0.4, -0.2) is 45.2 Å². The number of Topliss-reactive ketones (excluding diaryl/α,β-unsaturated/α-hetero) is 1. The number of hydrogen-bond acceptors (Lipinski definition) is 5. The van der Waals surface area contributed by atoms with Gasteiger partial charge in [-0.15, -0.1) is 0 Å². The molecule has 3 rings (SSSR count). The zero-order chi connectivity index (χ0) is 18.2. The third-order valence-corrected chi connectivity index (χ3v) is 5.57. The Morgan fingerprint density at radius 2 is 1.92 bits per heavy atom. The fourth-order valence-electron chi connectivity index (χ4n) is 4.60. The second-order valence-electron chi connectivity index (χ2n) is 6.89. The molecule has 0 bridgehead atoms. The molecule has 0 spiro atoms. The molecule has 1 aromatic carbocycles. The van der Waals surface area contributed by atoms with Gasteiger partial charge in [0.15, 0.2) is 0 Å². The van der Waals surface area contributed by atoms with E-state index in [0.717, 1.165) is 11.1 Å². The lowest BCUT2D eigenvalue weighted by molar-refractivity contribution is -0.155. The van der Waals surface area contributed by atoms with Gasteiger partial charge in [0, 0.05) is 18.0 Å². The summed E-state index contributed by atoms with van der Waals surface area (Å²) in [7, 11) is 0. The molecule has 4 unspecified atom stereocenters. The number of carboxylic acids is 2. The lowest BCUT2D eigenvalue weighted by Crippen LogP contribution is -2.62. The summed E-state index contributed by atoms with van der Waals surface area (Å²) < 4.78 is 0. The highest BCUT2D eigenvalue weighted by Crippen LogP contribution is 2.50. The third-order valence-electron chi connectivity index (χ3n) is 5.57. The van der Waals surface area contributed by atoms with Crippen LogP contribution in [0.25, 0.3) is 0 Å². The van der Waals surface area contributed by atoms with E-state index in [-0.39, 0.29) is 12.5 Å². The van der Waals surface area contributed by atoms with Crippen molar-refractivity contribution in [2.75, 3.05) is 0 Å². The topological polar surface area (TPSA) is 124 Å². The summed E-state index contributed by atoms with van der Waals surface area (Å²) in [4.78, 5) is 35.3. The molecule has 1 aromatic rings.